The fourth-order valence-electron chi connectivity index (χ4n) is 2.07. The highest BCUT2D eigenvalue weighted by Crippen LogP contribution is 2.26. The molecule has 0 atom stereocenters. The lowest BCUT2D eigenvalue weighted by Crippen LogP contribution is -2.04. The van der Waals surface area contributed by atoms with Gasteiger partial charge in [-0.2, -0.15) is 0 Å². The first-order valence-corrected chi connectivity index (χ1v) is 7.38. The van der Waals surface area contributed by atoms with Crippen molar-refractivity contribution in [2.45, 2.75) is 20.4 Å². The number of rotatable bonds is 6. The minimum absolute atomic E-state index is 0.262. The molecule has 2 rings (SSSR count). The Kier molecular flexibility index (Phi) is 5.28. The number of aryl methyl sites for hydroxylation is 1. The normalized spacial score (nSPS) is 10.3. The molecule has 0 heterocycles. The number of carboxylic acid groups (broad SMARTS) is 1. The van der Waals surface area contributed by atoms with Crippen LogP contribution in [0.25, 0.3) is 0 Å². The first-order valence-electron chi connectivity index (χ1n) is 7.00. The molecule has 2 N–H and O–H groups in total. The zero-order valence-corrected chi connectivity index (χ0v) is 13.3. The molecular formula is C17H18ClNO3. The van der Waals surface area contributed by atoms with Gasteiger partial charge in [0.25, 0.3) is 0 Å². The van der Waals surface area contributed by atoms with Crippen LogP contribution in [-0.2, 0) is 6.54 Å². The van der Waals surface area contributed by atoms with E-state index in [0.717, 1.165) is 16.8 Å². The quantitative estimate of drug-likeness (QED) is 0.830. The van der Waals surface area contributed by atoms with Crippen LogP contribution in [0.5, 0.6) is 5.75 Å². The lowest BCUT2D eigenvalue weighted by Gasteiger charge is -2.12. The Balaban J connectivity index is 2.11. The number of hydrogen-bond acceptors (Lipinski definition) is 3. The Hall–Kier alpha value is -2.20. The molecule has 4 nitrogen and oxygen atoms in total. The highest BCUT2D eigenvalue weighted by Gasteiger charge is 2.07. The molecule has 0 aromatic heterocycles. The van der Waals surface area contributed by atoms with Gasteiger partial charge in [-0.25, -0.2) is 4.79 Å². The summed E-state index contributed by atoms with van der Waals surface area (Å²) in [6, 6.07) is 10.6. The van der Waals surface area contributed by atoms with Gasteiger partial charge in [-0.3, -0.25) is 0 Å². The average molecular weight is 320 g/mol. The van der Waals surface area contributed by atoms with E-state index in [1.165, 1.54) is 0 Å². The van der Waals surface area contributed by atoms with Gasteiger partial charge in [0.15, 0.2) is 0 Å². The van der Waals surface area contributed by atoms with E-state index >= 15 is 0 Å². The third-order valence-electron chi connectivity index (χ3n) is 3.26. The van der Waals surface area contributed by atoms with Gasteiger partial charge >= 0.3 is 5.97 Å². The molecule has 22 heavy (non-hydrogen) atoms. The predicted octanol–water partition coefficient (Wildman–Crippen LogP) is 4.36. The Labute approximate surface area is 134 Å². The summed E-state index contributed by atoms with van der Waals surface area (Å²) in [5, 5.41) is 12.9. The maximum atomic E-state index is 11.0. The van der Waals surface area contributed by atoms with Crippen LogP contribution < -0.4 is 10.1 Å². The number of ether oxygens (including phenoxy) is 1. The van der Waals surface area contributed by atoms with Crippen molar-refractivity contribution in [3.05, 3.63) is 58.1 Å². The zero-order chi connectivity index (χ0) is 16.1. The van der Waals surface area contributed by atoms with Gasteiger partial charge in [-0.1, -0.05) is 23.7 Å². The van der Waals surface area contributed by atoms with Crippen LogP contribution in [0.1, 0.15) is 28.4 Å². The van der Waals surface area contributed by atoms with Crippen LogP contribution in [0.3, 0.4) is 0 Å². The molecule has 0 radical (unpaired) electrons. The third kappa shape index (κ3) is 3.92. The van der Waals surface area contributed by atoms with Crippen molar-refractivity contribution in [1.82, 2.24) is 0 Å². The number of carbonyl (C=O) groups is 1. The second kappa shape index (κ2) is 7.18. The Morgan fingerprint density at radius 3 is 2.68 bits per heavy atom. The molecule has 0 aliphatic heterocycles. The number of anilines is 1. The number of benzene rings is 2. The molecule has 0 aliphatic rings. The van der Waals surface area contributed by atoms with E-state index in [2.05, 4.69) is 5.32 Å². The number of carboxylic acids is 1. The maximum absolute atomic E-state index is 11.0. The molecule has 116 valence electrons. The molecule has 0 amide bonds. The minimum Gasteiger partial charge on any atom is -0.492 e. The van der Waals surface area contributed by atoms with Gasteiger partial charge in [0.1, 0.15) is 5.75 Å². The summed E-state index contributed by atoms with van der Waals surface area (Å²) in [6.45, 7) is 4.96. The molecule has 2 aromatic carbocycles. The maximum Gasteiger partial charge on any atom is 0.335 e. The summed E-state index contributed by atoms with van der Waals surface area (Å²) in [5.74, 6) is -0.274. The van der Waals surface area contributed by atoms with E-state index in [1.807, 2.05) is 32.0 Å². The second-order valence-corrected chi connectivity index (χ2v) is 5.29. The smallest absolute Gasteiger partial charge is 0.335 e. The standard InChI is InChI=1S/C17H18ClNO3/c1-3-22-16-7-5-12(8-14(16)18)10-19-15-9-13(17(20)21)6-4-11(15)2/h4-9,19H,3,10H2,1-2H3,(H,20,21). The fourth-order valence-corrected chi connectivity index (χ4v) is 2.33. The molecule has 0 bridgehead atoms. The molecule has 0 spiro atoms. The number of nitrogens with one attached hydrogen (secondary N) is 1. The predicted molar refractivity (Wildman–Crippen MR) is 88.1 cm³/mol. The van der Waals surface area contributed by atoms with Crippen molar-refractivity contribution >= 4 is 23.3 Å². The highest BCUT2D eigenvalue weighted by molar-refractivity contribution is 6.32. The van der Waals surface area contributed by atoms with Crippen molar-refractivity contribution in [1.29, 1.82) is 0 Å². The molecule has 0 saturated heterocycles. The van der Waals surface area contributed by atoms with Gasteiger partial charge in [0.05, 0.1) is 17.2 Å². The minimum atomic E-state index is -0.938. The van der Waals surface area contributed by atoms with E-state index < -0.39 is 5.97 Å². The van der Waals surface area contributed by atoms with Gasteiger partial charge in [-0.05, 0) is 49.2 Å². The van der Waals surface area contributed by atoms with Crippen LogP contribution in [0.2, 0.25) is 5.02 Å². The van der Waals surface area contributed by atoms with Crippen molar-refractivity contribution < 1.29 is 14.6 Å². The van der Waals surface area contributed by atoms with Crippen molar-refractivity contribution in [3.8, 4) is 5.75 Å². The lowest BCUT2D eigenvalue weighted by atomic mass is 10.1. The summed E-state index contributed by atoms with van der Waals surface area (Å²) in [7, 11) is 0. The number of halogens is 1. The summed E-state index contributed by atoms with van der Waals surface area (Å²) in [6.07, 6.45) is 0. The number of hydrogen-bond donors (Lipinski definition) is 2. The van der Waals surface area contributed by atoms with Crippen LogP contribution in [0, 0.1) is 6.92 Å². The molecule has 0 aliphatic carbocycles. The molecule has 0 saturated carbocycles. The first-order chi connectivity index (χ1) is 10.5. The average Bonchev–Trinajstić information content (AvgIpc) is 2.49. The Morgan fingerprint density at radius 2 is 2.05 bits per heavy atom. The second-order valence-electron chi connectivity index (χ2n) is 4.89. The SMILES string of the molecule is CCOc1ccc(CNc2cc(C(=O)O)ccc2C)cc1Cl. The summed E-state index contributed by atoms with van der Waals surface area (Å²) < 4.78 is 5.40. The molecular weight excluding hydrogens is 302 g/mol. The van der Waals surface area contributed by atoms with Crippen LogP contribution in [0.15, 0.2) is 36.4 Å². The van der Waals surface area contributed by atoms with Crippen LogP contribution in [0.4, 0.5) is 5.69 Å². The molecule has 2 aromatic rings. The monoisotopic (exact) mass is 319 g/mol. The van der Waals surface area contributed by atoms with Crippen LogP contribution >= 0.6 is 11.6 Å². The van der Waals surface area contributed by atoms with Crippen molar-refractivity contribution in [2.24, 2.45) is 0 Å². The van der Waals surface area contributed by atoms with Crippen molar-refractivity contribution in [3.63, 3.8) is 0 Å². The van der Waals surface area contributed by atoms with Crippen LogP contribution in [-0.4, -0.2) is 17.7 Å². The summed E-state index contributed by atoms with van der Waals surface area (Å²) in [4.78, 5) is 11.0. The van der Waals surface area contributed by atoms with E-state index in [9.17, 15) is 4.79 Å². The Bertz CT molecular complexity index is 686. The first kappa shape index (κ1) is 16.2. The highest BCUT2D eigenvalue weighted by atomic mass is 35.5. The molecule has 0 unspecified atom stereocenters. The largest absolute Gasteiger partial charge is 0.492 e. The topological polar surface area (TPSA) is 58.6 Å². The lowest BCUT2D eigenvalue weighted by molar-refractivity contribution is 0.0697. The number of aromatic carboxylic acids is 1. The fraction of sp³-hybridized carbons (Fsp3) is 0.235. The van der Waals surface area contributed by atoms with E-state index in [-0.39, 0.29) is 5.56 Å². The molecule has 0 fully saturated rings. The zero-order valence-electron chi connectivity index (χ0n) is 12.5. The van der Waals surface area contributed by atoms with Gasteiger partial charge in [0, 0.05) is 12.2 Å². The molecule has 5 heteroatoms. The van der Waals surface area contributed by atoms with E-state index in [4.69, 9.17) is 21.4 Å². The third-order valence-corrected chi connectivity index (χ3v) is 3.56. The van der Waals surface area contributed by atoms with E-state index in [1.54, 1.807) is 18.2 Å². The van der Waals surface area contributed by atoms with Gasteiger partial charge in [-0.15, -0.1) is 0 Å². The van der Waals surface area contributed by atoms with Gasteiger partial charge in [0.2, 0.25) is 0 Å². The van der Waals surface area contributed by atoms with E-state index in [0.29, 0.717) is 23.9 Å². The summed E-state index contributed by atoms with van der Waals surface area (Å²) >= 11 is 6.16. The van der Waals surface area contributed by atoms with Gasteiger partial charge < -0.3 is 15.2 Å². The van der Waals surface area contributed by atoms with Crippen molar-refractivity contribution in [2.75, 3.05) is 11.9 Å². The summed E-state index contributed by atoms with van der Waals surface area (Å²) in [5.41, 5.74) is 3.04. The Morgan fingerprint density at radius 1 is 1.27 bits per heavy atom.